The molecule has 0 amide bonds. The fourth-order valence-electron chi connectivity index (χ4n) is 1.62. The van der Waals surface area contributed by atoms with Gasteiger partial charge in [0.25, 0.3) is 0 Å². The third-order valence-electron chi connectivity index (χ3n) is 2.63. The minimum absolute atomic E-state index is 0.0113. The Hall–Kier alpha value is -1.46. The van der Waals surface area contributed by atoms with Crippen molar-refractivity contribution in [2.75, 3.05) is 13.2 Å². The van der Waals surface area contributed by atoms with E-state index in [2.05, 4.69) is 0 Å². The number of carbonyl (C=O) groups excluding carboxylic acids is 1. The van der Waals surface area contributed by atoms with E-state index in [1.54, 1.807) is 0 Å². The molecule has 4 nitrogen and oxygen atoms in total. The number of benzene rings is 1. The summed E-state index contributed by atoms with van der Waals surface area (Å²) in [6.45, 7) is 0.483. The van der Waals surface area contributed by atoms with Crippen molar-refractivity contribution >= 4 is 5.97 Å². The van der Waals surface area contributed by atoms with Crippen LogP contribution >= 0.6 is 0 Å². The molecule has 2 atom stereocenters. The normalized spacial score (nSPS) is 23.6. The standard InChI is InChI=1S/C12H13FO4/c13-9-3-1-8(2-4-9)12(15)17-7-11-10(14)5-6-16-11/h1-4,10-11,14H,5-7H2/t10-,11+/m0/s1. The zero-order valence-electron chi connectivity index (χ0n) is 9.14. The molecule has 0 spiro atoms. The Balaban J connectivity index is 1.87. The Morgan fingerprint density at radius 2 is 2.18 bits per heavy atom. The van der Waals surface area contributed by atoms with Crippen molar-refractivity contribution in [2.24, 2.45) is 0 Å². The molecule has 17 heavy (non-hydrogen) atoms. The van der Waals surface area contributed by atoms with E-state index < -0.39 is 24.0 Å². The summed E-state index contributed by atoms with van der Waals surface area (Å²) < 4.78 is 22.8. The van der Waals surface area contributed by atoms with Gasteiger partial charge in [0.1, 0.15) is 18.5 Å². The highest BCUT2D eigenvalue weighted by Gasteiger charge is 2.27. The van der Waals surface area contributed by atoms with Crippen molar-refractivity contribution in [3.8, 4) is 0 Å². The van der Waals surface area contributed by atoms with Gasteiger partial charge in [-0.15, -0.1) is 0 Å². The van der Waals surface area contributed by atoms with Gasteiger partial charge in [0.05, 0.1) is 11.7 Å². The zero-order valence-corrected chi connectivity index (χ0v) is 9.14. The summed E-state index contributed by atoms with van der Waals surface area (Å²) in [7, 11) is 0. The van der Waals surface area contributed by atoms with Crippen molar-refractivity contribution in [1.82, 2.24) is 0 Å². The first-order chi connectivity index (χ1) is 8.16. The molecule has 5 heteroatoms. The molecule has 2 rings (SSSR count). The number of rotatable bonds is 3. The van der Waals surface area contributed by atoms with Gasteiger partial charge < -0.3 is 14.6 Å². The van der Waals surface area contributed by atoms with E-state index in [0.717, 1.165) is 0 Å². The summed E-state index contributed by atoms with van der Waals surface area (Å²) in [5, 5.41) is 9.44. The topological polar surface area (TPSA) is 55.8 Å². The molecule has 1 saturated heterocycles. The third kappa shape index (κ3) is 3.01. The molecule has 1 fully saturated rings. The molecule has 1 aromatic carbocycles. The monoisotopic (exact) mass is 240 g/mol. The van der Waals surface area contributed by atoms with Crippen molar-refractivity contribution in [3.63, 3.8) is 0 Å². The molecule has 1 aliphatic rings. The highest BCUT2D eigenvalue weighted by molar-refractivity contribution is 5.89. The summed E-state index contributed by atoms with van der Waals surface area (Å²) in [6, 6.07) is 5.09. The van der Waals surface area contributed by atoms with Gasteiger partial charge in [0.2, 0.25) is 0 Å². The number of halogens is 1. The first-order valence-electron chi connectivity index (χ1n) is 5.39. The fourth-order valence-corrected chi connectivity index (χ4v) is 1.62. The lowest BCUT2D eigenvalue weighted by Crippen LogP contribution is -2.27. The van der Waals surface area contributed by atoms with Crippen LogP contribution in [0.5, 0.6) is 0 Å². The van der Waals surface area contributed by atoms with Crippen LogP contribution in [-0.4, -0.2) is 36.5 Å². The van der Waals surface area contributed by atoms with Crippen molar-refractivity contribution in [2.45, 2.75) is 18.6 Å². The highest BCUT2D eigenvalue weighted by Crippen LogP contribution is 2.14. The van der Waals surface area contributed by atoms with Crippen LogP contribution in [0.25, 0.3) is 0 Å². The van der Waals surface area contributed by atoms with E-state index in [0.29, 0.717) is 13.0 Å². The molecule has 1 heterocycles. The van der Waals surface area contributed by atoms with E-state index in [4.69, 9.17) is 9.47 Å². The summed E-state index contributed by atoms with van der Waals surface area (Å²) in [5.74, 6) is -0.955. The Kier molecular flexibility index (Phi) is 3.71. The van der Waals surface area contributed by atoms with Gasteiger partial charge in [-0.25, -0.2) is 9.18 Å². The van der Waals surface area contributed by atoms with E-state index in [9.17, 15) is 14.3 Å². The van der Waals surface area contributed by atoms with Crippen molar-refractivity contribution in [1.29, 1.82) is 0 Å². The summed E-state index contributed by atoms with van der Waals surface area (Å²) in [4.78, 5) is 11.5. The number of aliphatic hydroxyl groups excluding tert-OH is 1. The first-order valence-corrected chi connectivity index (χ1v) is 5.39. The molecule has 0 radical (unpaired) electrons. The van der Waals surface area contributed by atoms with Crippen LogP contribution < -0.4 is 0 Å². The minimum atomic E-state index is -0.587. The molecule has 92 valence electrons. The number of esters is 1. The summed E-state index contributed by atoms with van der Waals surface area (Å²) in [5.41, 5.74) is 0.277. The molecule has 0 aromatic heterocycles. The average Bonchev–Trinajstić information content (AvgIpc) is 2.73. The van der Waals surface area contributed by atoms with Gasteiger partial charge in [0, 0.05) is 6.61 Å². The van der Waals surface area contributed by atoms with Gasteiger partial charge in [-0.05, 0) is 30.7 Å². The van der Waals surface area contributed by atoms with Crippen LogP contribution in [-0.2, 0) is 9.47 Å². The van der Waals surface area contributed by atoms with Crippen molar-refractivity contribution < 1.29 is 23.8 Å². The van der Waals surface area contributed by atoms with Gasteiger partial charge in [0.15, 0.2) is 0 Å². The Bertz CT molecular complexity index is 390. The van der Waals surface area contributed by atoms with E-state index in [1.165, 1.54) is 24.3 Å². The van der Waals surface area contributed by atoms with Crippen LogP contribution in [0.2, 0.25) is 0 Å². The van der Waals surface area contributed by atoms with Crippen LogP contribution in [0.15, 0.2) is 24.3 Å². The van der Waals surface area contributed by atoms with Crippen LogP contribution in [0.1, 0.15) is 16.8 Å². The van der Waals surface area contributed by atoms with E-state index in [-0.39, 0.29) is 12.2 Å². The van der Waals surface area contributed by atoms with E-state index in [1.807, 2.05) is 0 Å². The van der Waals surface area contributed by atoms with Crippen LogP contribution in [0.4, 0.5) is 4.39 Å². The predicted octanol–water partition coefficient (Wildman–Crippen LogP) is 1.13. The predicted molar refractivity (Wildman–Crippen MR) is 57.0 cm³/mol. The fraction of sp³-hybridized carbons (Fsp3) is 0.417. The zero-order chi connectivity index (χ0) is 12.3. The molecule has 1 aliphatic heterocycles. The highest BCUT2D eigenvalue weighted by atomic mass is 19.1. The maximum atomic E-state index is 12.6. The average molecular weight is 240 g/mol. The van der Waals surface area contributed by atoms with Gasteiger partial charge in [-0.3, -0.25) is 0 Å². The molecular weight excluding hydrogens is 227 g/mol. The van der Waals surface area contributed by atoms with Crippen LogP contribution in [0, 0.1) is 5.82 Å². The number of hydrogen-bond donors (Lipinski definition) is 1. The maximum Gasteiger partial charge on any atom is 0.338 e. The SMILES string of the molecule is O=C(OC[C@H]1OCC[C@@H]1O)c1ccc(F)cc1. The molecule has 0 unspecified atom stereocenters. The first kappa shape index (κ1) is 12.0. The third-order valence-corrected chi connectivity index (χ3v) is 2.63. The second kappa shape index (κ2) is 5.25. The Morgan fingerprint density at radius 1 is 1.47 bits per heavy atom. The van der Waals surface area contributed by atoms with E-state index >= 15 is 0 Å². The second-order valence-corrected chi connectivity index (χ2v) is 3.87. The molecule has 0 saturated carbocycles. The van der Waals surface area contributed by atoms with Crippen molar-refractivity contribution in [3.05, 3.63) is 35.6 Å². The number of hydrogen-bond acceptors (Lipinski definition) is 4. The lowest BCUT2D eigenvalue weighted by Gasteiger charge is -2.13. The lowest BCUT2D eigenvalue weighted by atomic mass is 10.2. The smallest absolute Gasteiger partial charge is 0.338 e. The number of aliphatic hydroxyl groups is 1. The van der Waals surface area contributed by atoms with Gasteiger partial charge in [-0.2, -0.15) is 0 Å². The molecule has 1 N–H and O–H groups in total. The van der Waals surface area contributed by atoms with Gasteiger partial charge >= 0.3 is 5.97 Å². The molecular formula is C12H13FO4. The number of carbonyl (C=O) groups is 1. The summed E-state index contributed by atoms with van der Waals surface area (Å²) in [6.07, 6.45) is -0.492. The largest absolute Gasteiger partial charge is 0.459 e. The number of ether oxygens (including phenoxy) is 2. The molecule has 1 aromatic rings. The Morgan fingerprint density at radius 3 is 2.76 bits per heavy atom. The minimum Gasteiger partial charge on any atom is -0.459 e. The Labute approximate surface area is 98.0 Å². The molecule has 0 bridgehead atoms. The van der Waals surface area contributed by atoms with Gasteiger partial charge in [-0.1, -0.05) is 0 Å². The van der Waals surface area contributed by atoms with Crippen LogP contribution in [0.3, 0.4) is 0 Å². The molecule has 0 aliphatic carbocycles. The second-order valence-electron chi connectivity index (χ2n) is 3.87. The lowest BCUT2D eigenvalue weighted by molar-refractivity contribution is -0.0143. The maximum absolute atomic E-state index is 12.6. The summed E-state index contributed by atoms with van der Waals surface area (Å²) >= 11 is 0. The quantitative estimate of drug-likeness (QED) is 0.805.